The fraction of sp³-hybridized carbons (Fsp3) is 0.219. The van der Waals surface area contributed by atoms with Crippen molar-refractivity contribution in [1.82, 2.24) is 14.7 Å². The van der Waals surface area contributed by atoms with Gasteiger partial charge in [0.1, 0.15) is 21.5 Å². The van der Waals surface area contributed by atoms with Gasteiger partial charge in [-0.1, -0.05) is 61.2 Å². The lowest BCUT2D eigenvalue weighted by atomic mass is 10.0. The number of aryl methyl sites for hydroxylation is 1. The molecule has 8 heteroatoms. The van der Waals surface area contributed by atoms with Crippen LogP contribution >= 0.6 is 24.0 Å². The second-order valence-corrected chi connectivity index (χ2v) is 11.1. The Kier molecular flexibility index (Phi) is 8.67. The predicted octanol–water partition coefficient (Wildman–Crippen LogP) is 7.09. The predicted molar refractivity (Wildman–Crippen MR) is 166 cm³/mol. The SMILES string of the molecule is CCCOc1ccc(-c2nn(-c3ccccc3)cc2C=C2SC(=S)N(CCc3ccc(OC)cc3)C2=O)c(C)c1. The quantitative estimate of drug-likeness (QED) is 0.150. The van der Waals surface area contributed by atoms with Gasteiger partial charge in [-0.05, 0) is 79.4 Å². The number of aromatic nitrogens is 2. The number of ether oxygens (including phenoxy) is 2. The number of benzene rings is 3. The highest BCUT2D eigenvalue weighted by atomic mass is 32.2. The molecule has 1 aromatic heterocycles. The van der Waals surface area contributed by atoms with Crippen LogP contribution in [-0.2, 0) is 11.2 Å². The van der Waals surface area contributed by atoms with Gasteiger partial charge in [0.25, 0.3) is 5.91 Å². The first kappa shape index (κ1) is 27.7. The summed E-state index contributed by atoms with van der Waals surface area (Å²) < 4.78 is 13.5. The molecule has 0 unspecified atom stereocenters. The number of amides is 1. The number of nitrogens with zero attached hydrogens (tertiary/aromatic N) is 3. The fourth-order valence-corrected chi connectivity index (χ4v) is 5.79. The van der Waals surface area contributed by atoms with Crippen LogP contribution in [0.1, 0.15) is 30.0 Å². The number of hydrogen-bond donors (Lipinski definition) is 0. The van der Waals surface area contributed by atoms with Crippen molar-refractivity contribution in [3.8, 4) is 28.4 Å². The van der Waals surface area contributed by atoms with Crippen LogP contribution in [0.4, 0.5) is 0 Å². The zero-order valence-corrected chi connectivity index (χ0v) is 24.4. The Hall–Kier alpha value is -3.88. The first-order valence-electron chi connectivity index (χ1n) is 13.2. The third-order valence-corrected chi connectivity index (χ3v) is 8.01. The summed E-state index contributed by atoms with van der Waals surface area (Å²) in [7, 11) is 1.65. The van der Waals surface area contributed by atoms with Crippen molar-refractivity contribution >= 4 is 40.3 Å². The normalized spacial score (nSPS) is 14.3. The maximum atomic E-state index is 13.5. The maximum absolute atomic E-state index is 13.5. The molecule has 40 heavy (non-hydrogen) atoms. The largest absolute Gasteiger partial charge is 0.497 e. The van der Waals surface area contributed by atoms with Crippen LogP contribution in [-0.4, -0.2) is 45.2 Å². The number of hydrogen-bond acceptors (Lipinski definition) is 6. The average Bonchev–Trinajstić information content (AvgIpc) is 3.51. The molecular formula is C32H31N3O3S2. The molecule has 0 N–H and O–H groups in total. The third kappa shape index (κ3) is 6.13. The molecule has 1 amide bonds. The van der Waals surface area contributed by atoms with Gasteiger partial charge in [0.2, 0.25) is 0 Å². The topological polar surface area (TPSA) is 56.6 Å². The van der Waals surface area contributed by atoms with E-state index in [0.717, 1.165) is 51.6 Å². The van der Waals surface area contributed by atoms with E-state index >= 15 is 0 Å². The summed E-state index contributed by atoms with van der Waals surface area (Å²) >= 11 is 6.95. The van der Waals surface area contributed by atoms with Gasteiger partial charge >= 0.3 is 0 Å². The Labute approximate surface area is 244 Å². The number of carbonyl (C=O) groups excluding carboxylic acids is 1. The van der Waals surface area contributed by atoms with E-state index in [9.17, 15) is 4.79 Å². The highest BCUT2D eigenvalue weighted by Crippen LogP contribution is 2.36. The maximum Gasteiger partial charge on any atom is 0.266 e. The minimum absolute atomic E-state index is 0.0815. The fourth-order valence-electron chi connectivity index (χ4n) is 4.49. The summed E-state index contributed by atoms with van der Waals surface area (Å²) in [5.41, 5.74) is 5.74. The molecule has 1 aliphatic heterocycles. The van der Waals surface area contributed by atoms with Crippen LogP contribution < -0.4 is 9.47 Å². The summed E-state index contributed by atoms with van der Waals surface area (Å²) in [5, 5.41) is 4.95. The number of methoxy groups -OCH3 is 1. The molecule has 0 saturated carbocycles. The standard InChI is InChI=1S/C32H31N3O3S2/c1-4-18-38-27-14-15-28(22(2)19-27)30-24(21-35(33-30)25-8-6-5-7-9-25)20-29-31(36)34(32(39)40-29)17-16-23-10-12-26(37-3)13-11-23/h5-15,19-21H,4,16-18H2,1-3H3. The number of rotatable bonds is 10. The van der Waals surface area contributed by atoms with Gasteiger partial charge in [-0.3, -0.25) is 9.69 Å². The van der Waals surface area contributed by atoms with Gasteiger partial charge in [-0.15, -0.1) is 0 Å². The lowest BCUT2D eigenvalue weighted by Gasteiger charge is -2.14. The minimum atomic E-state index is -0.0815. The van der Waals surface area contributed by atoms with E-state index in [1.807, 2.05) is 89.8 Å². The molecule has 2 heterocycles. The number of thiocarbonyl (C=S) groups is 1. The van der Waals surface area contributed by atoms with Gasteiger partial charge < -0.3 is 9.47 Å². The van der Waals surface area contributed by atoms with E-state index in [0.29, 0.717) is 28.8 Å². The first-order valence-corrected chi connectivity index (χ1v) is 14.5. The third-order valence-electron chi connectivity index (χ3n) is 6.63. The van der Waals surface area contributed by atoms with Crippen molar-refractivity contribution in [1.29, 1.82) is 0 Å². The Morgan fingerprint density at radius 3 is 2.48 bits per heavy atom. The van der Waals surface area contributed by atoms with E-state index < -0.39 is 0 Å². The van der Waals surface area contributed by atoms with Crippen molar-refractivity contribution in [2.45, 2.75) is 26.7 Å². The van der Waals surface area contributed by atoms with Gasteiger partial charge in [-0.2, -0.15) is 5.10 Å². The lowest BCUT2D eigenvalue weighted by molar-refractivity contribution is -0.122. The molecule has 1 fully saturated rings. The van der Waals surface area contributed by atoms with Crippen molar-refractivity contribution in [3.63, 3.8) is 0 Å². The van der Waals surface area contributed by atoms with Crippen molar-refractivity contribution in [3.05, 3.63) is 101 Å². The van der Waals surface area contributed by atoms with Crippen molar-refractivity contribution in [2.24, 2.45) is 0 Å². The average molecular weight is 570 g/mol. The zero-order valence-electron chi connectivity index (χ0n) is 22.8. The van der Waals surface area contributed by atoms with Gasteiger partial charge in [0, 0.05) is 23.9 Å². The number of carbonyl (C=O) groups is 1. The molecule has 0 atom stereocenters. The molecule has 4 aromatic rings. The first-order chi connectivity index (χ1) is 19.5. The summed E-state index contributed by atoms with van der Waals surface area (Å²) in [6.07, 6.45) is 5.53. The second-order valence-electron chi connectivity index (χ2n) is 9.47. The van der Waals surface area contributed by atoms with Crippen molar-refractivity contribution < 1.29 is 14.3 Å². The van der Waals surface area contributed by atoms with Crippen LogP contribution in [0.2, 0.25) is 0 Å². The molecule has 204 valence electrons. The molecule has 1 saturated heterocycles. The van der Waals surface area contributed by atoms with Crippen molar-refractivity contribution in [2.75, 3.05) is 20.3 Å². The lowest BCUT2D eigenvalue weighted by Crippen LogP contribution is -2.30. The van der Waals surface area contributed by atoms with Crippen LogP contribution in [0, 0.1) is 6.92 Å². The van der Waals surface area contributed by atoms with Gasteiger partial charge in [0.05, 0.1) is 24.3 Å². The van der Waals surface area contributed by atoms with E-state index in [1.165, 1.54) is 11.8 Å². The Morgan fingerprint density at radius 1 is 1.02 bits per heavy atom. The highest BCUT2D eigenvalue weighted by Gasteiger charge is 2.32. The van der Waals surface area contributed by atoms with Crippen LogP contribution in [0.3, 0.4) is 0 Å². The van der Waals surface area contributed by atoms with Crippen LogP contribution in [0.5, 0.6) is 11.5 Å². The van der Waals surface area contributed by atoms with Crippen LogP contribution in [0.15, 0.2) is 83.9 Å². The van der Waals surface area contributed by atoms with E-state index in [4.69, 9.17) is 26.8 Å². The monoisotopic (exact) mass is 569 g/mol. The summed E-state index contributed by atoms with van der Waals surface area (Å²) in [4.78, 5) is 15.7. The number of para-hydroxylation sites is 1. The summed E-state index contributed by atoms with van der Waals surface area (Å²) in [6, 6.07) is 23.9. The van der Waals surface area contributed by atoms with E-state index in [-0.39, 0.29) is 5.91 Å². The molecule has 6 nitrogen and oxygen atoms in total. The van der Waals surface area contributed by atoms with Gasteiger partial charge in [-0.25, -0.2) is 4.68 Å². The minimum Gasteiger partial charge on any atom is -0.497 e. The molecule has 1 aliphatic rings. The molecule has 5 rings (SSSR count). The molecule has 0 radical (unpaired) electrons. The smallest absolute Gasteiger partial charge is 0.266 e. The van der Waals surface area contributed by atoms with Gasteiger partial charge in [0.15, 0.2) is 0 Å². The zero-order chi connectivity index (χ0) is 28.1. The van der Waals surface area contributed by atoms with E-state index in [2.05, 4.69) is 13.8 Å². The summed E-state index contributed by atoms with van der Waals surface area (Å²) in [6.45, 7) is 5.33. The van der Waals surface area contributed by atoms with Crippen LogP contribution in [0.25, 0.3) is 23.0 Å². The second kappa shape index (κ2) is 12.5. The van der Waals surface area contributed by atoms with E-state index in [1.54, 1.807) is 12.0 Å². The molecule has 0 spiro atoms. The Bertz CT molecular complexity index is 1550. The molecule has 0 bridgehead atoms. The highest BCUT2D eigenvalue weighted by molar-refractivity contribution is 8.26. The molecule has 0 aliphatic carbocycles. The molecule has 3 aromatic carbocycles. The number of thioether (sulfide) groups is 1. The Balaban J connectivity index is 1.44. The Morgan fingerprint density at radius 2 is 1.77 bits per heavy atom. The molecular weight excluding hydrogens is 539 g/mol. The summed E-state index contributed by atoms with van der Waals surface area (Å²) in [5.74, 6) is 1.56.